The Morgan fingerprint density at radius 1 is 1.40 bits per heavy atom. The molecule has 0 aromatic heterocycles. The second-order valence-electron chi connectivity index (χ2n) is 3.52. The molecule has 1 amide bonds. The number of para-hydroxylation sites is 1. The van der Waals surface area contributed by atoms with Gasteiger partial charge in [-0.25, -0.2) is 0 Å². The number of carbonyl (C=O) groups is 1. The lowest BCUT2D eigenvalue weighted by molar-refractivity contribution is -0.124. The van der Waals surface area contributed by atoms with Crippen LogP contribution in [0.1, 0.15) is 0 Å². The van der Waals surface area contributed by atoms with Crippen molar-refractivity contribution < 1.29 is 9.53 Å². The van der Waals surface area contributed by atoms with Crippen LogP contribution < -0.4 is 15.4 Å². The van der Waals surface area contributed by atoms with Gasteiger partial charge in [0.05, 0.1) is 6.04 Å². The van der Waals surface area contributed by atoms with E-state index in [1.165, 1.54) is 0 Å². The zero-order chi connectivity index (χ0) is 10.5. The molecule has 0 unspecified atom stereocenters. The summed E-state index contributed by atoms with van der Waals surface area (Å²) in [5.41, 5.74) is 0. The van der Waals surface area contributed by atoms with Crippen molar-refractivity contribution in [1.29, 1.82) is 0 Å². The van der Waals surface area contributed by atoms with E-state index in [1.54, 1.807) is 0 Å². The van der Waals surface area contributed by atoms with E-state index >= 15 is 0 Å². The van der Waals surface area contributed by atoms with Crippen molar-refractivity contribution in [2.45, 2.75) is 6.04 Å². The topological polar surface area (TPSA) is 50.4 Å². The molecule has 0 saturated carbocycles. The maximum atomic E-state index is 11.4. The Morgan fingerprint density at radius 3 is 2.73 bits per heavy atom. The molecule has 1 heterocycles. The average Bonchev–Trinajstić information content (AvgIpc) is 2.22. The fourth-order valence-electron chi connectivity index (χ4n) is 1.33. The Balaban J connectivity index is 1.71. The molecule has 0 aliphatic carbocycles. The Hall–Kier alpha value is -1.55. The number of ether oxygens (including phenoxy) is 1. The minimum atomic E-state index is -0.0645. The normalized spacial score (nSPS) is 15.5. The van der Waals surface area contributed by atoms with Crippen LogP contribution in [0.2, 0.25) is 0 Å². The number of rotatable bonds is 4. The minimum absolute atomic E-state index is 0.0645. The van der Waals surface area contributed by atoms with Gasteiger partial charge >= 0.3 is 0 Å². The second kappa shape index (κ2) is 4.79. The van der Waals surface area contributed by atoms with E-state index in [0.717, 1.165) is 18.8 Å². The van der Waals surface area contributed by atoms with Crippen LogP contribution in [0.25, 0.3) is 0 Å². The highest BCUT2D eigenvalue weighted by molar-refractivity contribution is 5.78. The van der Waals surface area contributed by atoms with Gasteiger partial charge in [-0.1, -0.05) is 18.2 Å². The molecular weight excluding hydrogens is 192 g/mol. The van der Waals surface area contributed by atoms with E-state index in [-0.39, 0.29) is 18.6 Å². The summed E-state index contributed by atoms with van der Waals surface area (Å²) in [5.74, 6) is 0.657. The van der Waals surface area contributed by atoms with Crippen LogP contribution in [0.15, 0.2) is 30.3 Å². The molecule has 0 radical (unpaired) electrons. The highest BCUT2D eigenvalue weighted by Gasteiger charge is 2.18. The van der Waals surface area contributed by atoms with Crippen molar-refractivity contribution in [3.05, 3.63) is 30.3 Å². The van der Waals surface area contributed by atoms with Crippen LogP contribution in [0.3, 0.4) is 0 Å². The molecule has 0 bridgehead atoms. The van der Waals surface area contributed by atoms with Gasteiger partial charge in [-0.2, -0.15) is 0 Å². The molecule has 2 N–H and O–H groups in total. The Kier molecular flexibility index (Phi) is 3.19. The maximum Gasteiger partial charge on any atom is 0.258 e. The van der Waals surface area contributed by atoms with Gasteiger partial charge in [0.25, 0.3) is 5.91 Å². The SMILES string of the molecule is O=C(COc1ccccc1)NC1CNC1. The number of amides is 1. The number of hydrogen-bond acceptors (Lipinski definition) is 3. The van der Waals surface area contributed by atoms with Gasteiger partial charge in [0, 0.05) is 13.1 Å². The first-order valence-corrected chi connectivity index (χ1v) is 5.02. The first-order valence-electron chi connectivity index (χ1n) is 5.02. The minimum Gasteiger partial charge on any atom is -0.484 e. The summed E-state index contributed by atoms with van der Waals surface area (Å²) in [6.07, 6.45) is 0. The third-order valence-electron chi connectivity index (χ3n) is 2.26. The van der Waals surface area contributed by atoms with Gasteiger partial charge in [0.1, 0.15) is 5.75 Å². The van der Waals surface area contributed by atoms with Gasteiger partial charge in [0.2, 0.25) is 0 Å². The van der Waals surface area contributed by atoms with Crippen LogP contribution in [0.4, 0.5) is 0 Å². The molecule has 1 saturated heterocycles. The van der Waals surface area contributed by atoms with Gasteiger partial charge in [-0.15, -0.1) is 0 Å². The van der Waals surface area contributed by atoms with Crippen molar-refractivity contribution >= 4 is 5.91 Å². The standard InChI is InChI=1S/C11H14N2O2/c14-11(13-9-6-12-7-9)8-15-10-4-2-1-3-5-10/h1-5,9,12H,6-8H2,(H,13,14). The molecule has 1 aliphatic rings. The van der Waals surface area contributed by atoms with Crippen molar-refractivity contribution in [2.24, 2.45) is 0 Å². The summed E-state index contributed by atoms with van der Waals surface area (Å²) >= 11 is 0. The second-order valence-corrected chi connectivity index (χ2v) is 3.52. The monoisotopic (exact) mass is 206 g/mol. The largest absolute Gasteiger partial charge is 0.484 e. The lowest BCUT2D eigenvalue weighted by atomic mass is 10.2. The lowest BCUT2D eigenvalue weighted by Crippen LogP contribution is -2.57. The molecule has 0 spiro atoms. The predicted molar refractivity (Wildman–Crippen MR) is 56.7 cm³/mol. The number of benzene rings is 1. The summed E-state index contributed by atoms with van der Waals surface area (Å²) in [6.45, 7) is 1.80. The molecule has 1 aromatic rings. The van der Waals surface area contributed by atoms with Crippen LogP contribution in [-0.2, 0) is 4.79 Å². The number of nitrogens with one attached hydrogen (secondary N) is 2. The van der Waals surface area contributed by atoms with Crippen molar-refractivity contribution in [3.63, 3.8) is 0 Å². The summed E-state index contributed by atoms with van der Waals surface area (Å²) < 4.78 is 5.30. The lowest BCUT2D eigenvalue weighted by Gasteiger charge is -2.27. The molecule has 1 aliphatic heterocycles. The molecule has 1 aromatic carbocycles. The Labute approximate surface area is 88.6 Å². The van der Waals surface area contributed by atoms with E-state index in [0.29, 0.717) is 0 Å². The quantitative estimate of drug-likeness (QED) is 0.737. The summed E-state index contributed by atoms with van der Waals surface area (Å²) in [7, 11) is 0. The van der Waals surface area contributed by atoms with Gasteiger partial charge in [0.15, 0.2) is 6.61 Å². The fourth-order valence-corrected chi connectivity index (χ4v) is 1.33. The third kappa shape index (κ3) is 2.95. The first kappa shape index (κ1) is 9.98. The average molecular weight is 206 g/mol. The van der Waals surface area contributed by atoms with Crippen molar-refractivity contribution in [2.75, 3.05) is 19.7 Å². The number of hydrogen-bond donors (Lipinski definition) is 2. The van der Waals surface area contributed by atoms with Gasteiger partial charge in [-0.05, 0) is 12.1 Å². The molecule has 1 fully saturated rings. The Bertz CT molecular complexity index is 323. The zero-order valence-electron chi connectivity index (χ0n) is 8.40. The van der Waals surface area contributed by atoms with Gasteiger partial charge < -0.3 is 15.4 Å². The smallest absolute Gasteiger partial charge is 0.258 e. The molecule has 15 heavy (non-hydrogen) atoms. The first-order chi connectivity index (χ1) is 7.34. The van der Waals surface area contributed by atoms with Crippen LogP contribution >= 0.6 is 0 Å². The summed E-state index contributed by atoms with van der Waals surface area (Å²) in [6, 6.07) is 9.60. The van der Waals surface area contributed by atoms with E-state index < -0.39 is 0 Å². The molecule has 0 atom stereocenters. The predicted octanol–water partition coefficient (Wildman–Crippen LogP) is 0.153. The highest BCUT2D eigenvalue weighted by Crippen LogP contribution is 2.07. The van der Waals surface area contributed by atoms with E-state index in [2.05, 4.69) is 10.6 Å². The Morgan fingerprint density at radius 2 is 2.13 bits per heavy atom. The molecule has 4 nitrogen and oxygen atoms in total. The molecule has 80 valence electrons. The third-order valence-corrected chi connectivity index (χ3v) is 2.26. The fraction of sp³-hybridized carbons (Fsp3) is 0.364. The summed E-state index contributed by atoms with van der Waals surface area (Å²) in [4.78, 5) is 11.4. The molecule has 4 heteroatoms. The maximum absolute atomic E-state index is 11.4. The van der Waals surface area contributed by atoms with E-state index in [4.69, 9.17) is 4.74 Å². The van der Waals surface area contributed by atoms with Crippen LogP contribution in [0, 0.1) is 0 Å². The van der Waals surface area contributed by atoms with E-state index in [1.807, 2.05) is 30.3 Å². The van der Waals surface area contributed by atoms with Gasteiger partial charge in [-0.3, -0.25) is 4.79 Å². The van der Waals surface area contributed by atoms with E-state index in [9.17, 15) is 4.79 Å². The van der Waals surface area contributed by atoms with Crippen molar-refractivity contribution in [1.82, 2.24) is 10.6 Å². The highest BCUT2D eigenvalue weighted by atomic mass is 16.5. The zero-order valence-corrected chi connectivity index (χ0v) is 8.40. The molecular formula is C11H14N2O2. The van der Waals surface area contributed by atoms with Crippen molar-refractivity contribution in [3.8, 4) is 5.75 Å². The summed E-state index contributed by atoms with van der Waals surface area (Å²) in [5, 5.41) is 5.94. The van der Waals surface area contributed by atoms with Crippen LogP contribution in [0.5, 0.6) is 5.75 Å². The number of carbonyl (C=O) groups excluding carboxylic acids is 1. The van der Waals surface area contributed by atoms with Crippen LogP contribution in [-0.4, -0.2) is 31.6 Å². The molecule has 2 rings (SSSR count).